The van der Waals surface area contributed by atoms with E-state index in [1.54, 1.807) is 0 Å². The van der Waals surface area contributed by atoms with Crippen LogP contribution in [0, 0.1) is 0 Å². The van der Waals surface area contributed by atoms with E-state index in [1.807, 2.05) is 0 Å². The van der Waals surface area contributed by atoms with Gasteiger partial charge in [-0.2, -0.15) is 0 Å². The number of ether oxygens (including phenoxy) is 2. The molecule has 0 aliphatic heterocycles. The molecule has 52 heavy (non-hydrogen) atoms. The van der Waals surface area contributed by atoms with E-state index in [2.05, 4.69) is 42.7 Å². The fourth-order valence-corrected chi connectivity index (χ4v) is 6.40. The molecule has 0 amide bonds. The van der Waals surface area contributed by atoms with Gasteiger partial charge in [0.25, 0.3) is 0 Å². The van der Waals surface area contributed by atoms with Crippen LogP contribution in [0.5, 0.6) is 0 Å². The SMILES string of the molecule is CCCCC/C=C\C/C=C\CCCCCCCCCCCC(=O)OC[C@H](COP(=O)(O)OC[C@@H](O)CO)OC(=O)CCCCCCCCCCCC. The van der Waals surface area contributed by atoms with E-state index in [9.17, 15) is 24.2 Å². The smallest absolute Gasteiger partial charge is 0.462 e. The van der Waals surface area contributed by atoms with Gasteiger partial charge in [0.05, 0.1) is 19.8 Å². The molecule has 0 saturated heterocycles. The van der Waals surface area contributed by atoms with Crippen molar-refractivity contribution in [2.45, 2.75) is 199 Å². The molecule has 0 saturated carbocycles. The van der Waals surface area contributed by atoms with Crippen LogP contribution in [0.3, 0.4) is 0 Å². The fourth-order valence-electron chi connectivity index (χ4n) is 5.61. The summed E-state index contributed by atoms with van der Waals surface area (Å²) < 4.78 is 32.6. The Morgan fingerprint density at radius 3 is 1.52 bits per heavy atom. The van der Waals surface area contributed by atoms with E-state index in [-0.39, 0.29) is 19.4 Å². The summed E-state index contributed by atoms with van der Waals surface area (Å²) in [6, 6.07) is 0. The van der Waals surface area contributed by atoms with Gasteiger partial charge in [0, 0.05) is 12.8 Å². The molecule has 0 aromatic heterocycles. The van der Waals surface area contributed by atoms with Crippen LogP contribution in [0.4, 0.5) is 0 Å². The molecule has 0 radical (unpaired) electrons. The maximum absolute atomic E-state index is 12.5. The number of carbonyl (C=O) groups is 2. The second-order valence-corrected chi connectivity index (χ2v) is 15.5. The van der Waals surface area contributed by atoms with Crippen molar-refractivity contribution in [2.75, 3.05) is 26.4 Å². The molecular formula is C41H77O10P. The van der Waals surface area contributed by atoms with Crippen molar-refractivity contribution in [2.24, 2.45) is 0 Å². The van der Waals surface area contributed by atoms with Gasteiger partial charge in [-0.25, -0.2) is 4.57 Å². The second kappa shape index (κ2) is 37.8. The number of rotatable bonds is 39. The largest absolute Gasteiger partial charge is 0.472 e. The fraction of sp³-hybridized carbons (Fsp3) is 0.854. The van der Waals surface area contributed by atoms with Crippen LogP contribution < -0.4 is 0 Å². The Hall–Kier alpha value is -1.55. The van der Waals surface area contributed by atoms with E-state index in [1.165, 1.54) is 96.3 Å². The Kier molecular flexibility index (Phi) is 36.6. The Bertz CT molecular complexity index is 925. The van der Waals surface area contributed by atoms with Crippen LogP contribution in [-0.4, -0.2) is 65.7 Å². The summed E-state index contributed by atoms with van der Waals surface area (Å²) in [4.78, 5) is 34.8. The molecule has 0 aliphatic rings. The summed E-state index contributed by atoms with van der Waals surface area (Å²) in [5.74, 6) is -0.927. The van der Waals surface area contributed by atoms with E-state index < -0.39 is 51.8 Å². The van der Waals surface area contributed by atoms with Gasteiger partial charge >= 0.3 is 19.8 Å². The number of unbranched alkanes of at least 4 members (excludes halogenated alkanes) is 21. The third-order valence-corrected chi connectivity index (χ3v) is 9.81. The third kappa shape index (κ3) is 36.8. The van der Waals surface area contributed by atoms with Crippen molar-refractivity contribution in [3.05, 3.63) is 24.3 Å². The maximum atomic E-state index is 12.5. The molecule has 0 aromatic carbocycles. The van der Waals surface area contributed by atoms with Crippen LogP contribution >= 0.6 is 7.82 Å². The molecule has 0 aliphatic carbocycles. The predicted octanol–water partition coefficient (Wildman–Crippen LogP) is 10.6. The topological polar surface area (TPSA) is 149 Å². The average Bonchev–Trinajstić information content (AvgIpc) is 3.13. The molecule has 0 bridgehead atoms. The molecule has 10 nitrogen and oxygen atoms in total. The molecule has 0 fully saturated rings. The van der Waals surface area contributed by atoms with Crippen molar-refractivity contribution in [3.8, 4) is 0 Å². The molecule has 0 heterocycles. The summed E-state index contributed by atoms with van der Waals surface area (Å²) in [6.07, 6.45) is 35.8. The Morgan fingerprint density at radius 2 is 1.00 bits per heavy atom. The van der Waals surface area contributed by atoms with Crippen molar-refractivity contribution >= 4 is 19.8 Å². The number of esters is 2. The lowest BCUT2D eigenvalue weighted by Crippen LogP contribution is -2.29. The van der Waals surface area contributed by atoms with Crippen LogP contribution in [0.2, 0.25) is 0 Å². The monoisotopic (exact) mass is 761 g/mol. The predicted molar refractivity (Wildman–Crippen MR) is 210 cm³/mol. The normalized spacial score (nSPS) is 14.2. The highest BCUT2D eigenvalue weighted by Crippen LogP contribution is 2.43. The van der Waals surface area contributed by atoms with E-state index in [4.69, 9.17) is 19.1 Å². The lowest BCUT2D eigenvalue weighted by molar-refractivity contribution is -0.161. The zero-order valence-electron chi connectivity index (χ0n) is 33.0. The Labute approximate surface area is 317 Å². The lowest BCUT2D eigenvalue weighted by Gasteiger charge is -2.20. The molecule has 3 N–H and O–H groups in total. The first-order chi connectivity index (χ1) is 25.2. The highest BCUT2D eigenvalue weighted by molar-refractivity contribution is 7.47. The summed E-state index contributed by atoms with van der Waals surface area (Å²) in [6.45, 7) is 2.34. The average molecular weight is 761 g/mol. The number of allylic oxidation sites excluding steroid dienone is 4. The number of phosphoric ester groups is 1. The van der Waals surface area contributed by atoms with Gasteiger partial charge in [-0.05, 0) is 44.9 Å². The van der Waals surface area contributed by atoms with Gasteiger partial charge in [-0.3, -0.25) is 18.6 Å². The van der Waals surface area contributed by atoms with Gasteiger partial charge in [0.1, 0.15) is 12.7 Å². The van der Waals surface area contributed by atoms with Gasteiger partial charge in [0.15, 0.2) is 6.10 Å². The zero-order chi connectivity index (χ0) is 38.4. The molecule has 0 rings (SSSR count). The highest BCUT2D eigenvalue weighted by atomic mass is 31.2. The first kappa shape index (κ1) is 50.5. The molecular weight excluding hydrogens is 683 g/mol. The molecule has 11 heteroatoms. The van der Waals surface area contributed by atoms with Crippen LogP contribution in [0.25, 0.3) is 0 Å². The summed E-state index contributed by atoms with van der Waals surface area (Å²) >= 11 is 0. The second-order valence-electron chi connectivity index (χ2n) is 14.0. The zero-order valence-corrected chi connectivity index (χ0v) is 33.9. The van der Waals surface area contributed by atoms with Crippen molar-refractivity contribution < 1.29 is 47.8 Å². The molecule has 0 aromatic rings. The minimum atomic E-state index is -4.61. The number of aliphatic hydroxyl groups excluding tert-OH is 2. The molecule has 1 unspecified atom stereocenters. The lowest BCUT2D eigenvalue weighted by atomic mass is 10.1. The highest BCUT2D eigenvalue weighted by Gasteiger charge is 2.27. The quantitative estimate of drug-likeness (QED) is 0.0239. The number of phosphoric acid groups is 1. The summed E-state index contributed by atoms with van der Waals surface area (Å²) in [5, 5.41) is 18.3. The number of hydrogen-bond donors (Lipinski definition) is 3. The van der Waals surface area contributed by atoms with Gasteiger partial charge in [0.2, 0.25) is 0 Å². The van der Waals surface area contributed by atoms with E-state index in [0.29, 0.717) is 12.8 Å². The number of aliphatic hydroxyl groups is 2. The van der Waals surface area contributed by atoms with Gasteiger partial charge < -0.3 is 24.6 Å². The standard InChI is InChI=1S/C41H77O10P/c1-3-5-7-9-11-13-15-16-17-18-19-20-21-22-23-25-26-28-30-32-40(44)48-36-39(37-50-52(46,47)49-35-38(43)34-42)51-41(45)33-31-29-27-24-14-12-10-8-6-4-2/h11,13,16-17,38-39,42-43H,3-10,12,14-15,18-37H2,1-2H3,(H,46,47)/b13-11-,17-16-/t38-,39+/m0/s1. The van der Waals surface area contributed by atoms with Crippen LogP contribution in [0.15, 0.2) is 24.3 Å². The van der Waals surface area contributed by atoms with Gasteiger partial charge in [-0.15, -0.1) is 0 Å². The first-order valence-corrected chi connectivity index (χ1v) is 22.3. The Balaban J connectivity index is 4.23. The van der Waals surface area contributed by atoms with Crippen molar-refractivity contribution in [1.29, 1.82) is 0 Å². The number of hydrogen-bond acceptors (Lipinski definition) is 9. The van der Waals surface area contributed by atoms with Crippen molar-refractivity contribution in [3.63, 3.8) is 0 Å². The van der Waals surface area contributed by atoms with Crippen molar-refractivity contribution in [1.82, 2.24) is 0 Å². The maximum Gasteiger partial charge on any atom is 0.472 e. The third-order valence-electron chi connectivity index (χ3n) is 8.86. The van der Waals surface area contributed by atoms with E-state index in [0.717, 1.165) is 51.4 Å². The van der Waals surface area contributed by atoms with Crippen LogP contribution in [-0.2, 0) is 32.7 Å². The van der Waals surface area contributed by atoms with Crippen LogP contribution in [0.1, 0.15) is 187 Å². The number of carbonyl (C=O) groups excluding carboxylic acids is 2. The van der Waals surface area contributed by atoms with E-state index >= 15 is 0 Å². The Morgan fingerprint density at radius 1 is 0.577 bits per heavy atom. The first-order valence-electron chi connectivity index (χ1n) is 20.8. The summed E-state index contributed by atoms with van der Waals surface area (Å²) in [7, 11) is -4.61. The minimum absolute atomic E-state index is 0.186. The van der Waals surface area contributed by atoms with Gasteiger partial charge in [-0.1, -0.05) is 154 Å². The summed E-state index contributed by atoms with van der Waals surface area (Å²) in [5.41, 5.74) is 0. The molecule has 306 valence electrons. The molecule has 0 spiro atoms. The minimum Gasteiger partial charge on any atom is -0.462 e. The molecule has 3 atom stereocenters.